The Kier molecular flexibility index (Phi) is 4.90. The van der Waals surface area contributed by atoms with E-state index in [9.17, 15) is 4.79 Å². The number of hydrogen-bond acceptors (Lipinski definition) is 3. The van der Waals surface area contributed by atoms with Gasteiger partial charge in [-0.15, -0.1) is 23.8 Å². The number of carbonyl (C=O) groups is 1. The van der Waals surface area contributed by atoms with Crippen molar-refractivity contribution in [2.45, 2.75) is 13.0 Å². The van der Waals surface area contributed by atoms with E-state index in [4.69, 9.17) is 9.47 Å². The Morgan fingerprint density at radius 2 is 2.40 bits per heavy atom. The van der Waals surface area contributed by atoms with Crippen LogP contribution in [0, 0.1) is 13.0 Å². The zero-order valence-electron chi connectivity index (χ0n) is 8.53. The third-order valence-corrected chi connectivity index (χ3v) is 2.03. The summed E-state index contributed by atoms with van der Waals surface area (Å²) in [4.78, 5) is 10.7. The van der Waals surface area contributed by atoms with Gasteiger partial charge >= 0.3 is 0 Å². The maximum atomic E-state index is 10.7. The van der Waals surface area contributed by atoms with Gasteiger partial charge in [0, 0.05) is 38.5 Å². The molecule has 1 unspecified atom stereocenters. The molecule has 0 saturated carbocycles. The van der Waals surface area contributed by atoms with Gasteiger partial charge in [0.15, 0.2) is 0 Å². The Hall–Kier alpha value is -0.246. The van der Waals surface area contributed by atoms with Gasteiger partial charge in [0.25, 0.3) is 0 Å². The van der Waals surface area contributed by atoms with E-state index in [1.165, 1.54) is 0 Å². The van der Waals surface area contributed by atoms with Crippen LogP contribution in [-0.2, 0) is 37.4 Å². The van der Waals surface area contributed by atoms with E-state index in [0.29, 0.717) is 17.9 Å². The van der Waals surface area contributed by atoms with Gasteiger partial charge in [-0.3, -0.25) is 0 Å². The SMILES string of the molecule is Cc1[c-]c(C=O)c(OCC2CO2)cc1.[Y]. The van der Waals surface area contributed by atoms with Gasteiger partial charge in [0.1, 0.15) is 12.7 Å². The minimum Gasteiger partial charge on any atom is -0.534 e. The van der Waals surface area contributed by atoms with Crippen LogP contribution in [0.4, 0.5) is 0 Å². The van der Waals surface area contributed by atoms with Crippen molar-refractivity contribution < 1.29 is 47.0 Å². The number of ether oxygens (including phenoxy) is 2. The minimum atomic E-state index is 0. The average molecular weight is 280 g/mol. The summed E-state index contributed by atoms with van der Waals surface area (Å²) in [7, 11) is 0. The van der Waals surface area contributed by atoms with Gasteiger partial charge in [-0.1, -0.05) is 12.5 Å². The molecule has 15 heavy (non-hydrogen) atoms. The molecule has 1 fully saturated rings. The molecule has 1 atom stereocenters. The number of hydrogen-bond donors (Lipinski definition) is 0. The normalized spacial score (nSPS) is 17.8. The number of rotatable bonds is 4. The molecule has 0 spiro atoms. The Labute approximate surface area is 114 Å². The van der Waals surface area contributed by atoms with Gasteiger partial charge in [0.2, 0.25) is 0 Å². The Bertz CT molecular complexity index is 348. The molecule has 3 nitrogen and oxygen atoms in total. The maximum Gasteiger partial charge on any atom is 0.114 e. The van der Waals surface area contributed by atoms with Crippen molar-refractivity contribution in [1.82, 2.24) is 0 Å². The summed E-state index contributed by atoms with van der Waals surface area (Å²) in [6.07, 6.45) is 0.964. The molecule has 0 bridgehead atoms. The van der Waals surface area contributed by atoms with Crippen LogP contribution in [-0.4, -0.2) is 25.6 Å². The number of aryl methyl sites for hydroxylation is 1. The average Bonchev–Trinajstić information content (AvgIpc) is 2.99. The number of epoxide rings is 1. The first-order chi connectivity index (χ1) is 6.79. The monoisotopic (exact) mass is 280 g/mol. The number of benzene rings is 1. The van der Waals surface area contributed by atoms with E-state index in [0.717, 1.165) is 18.5 Å². The summed E-state index contributed by atoms with van der Waals surface area (Å²) in [6.45, 7) is 3.16. The van der Waals surface area contributed by atoms with Crippen LogP contribution >= 0.6 is 0 Å². The van der Waals surface area contributed by atoms with Crippen molar-refractivity contribution in [2.24, 2.45) is 0 Å². The second-order valence-electron chi connectivity index (χ2n) is 3.30. The zero-order chi connectivity index (χ0) is 9.97. The molecule has 0 amide bonds. The van der Waals surface area contributed by atoms with Crippen LogP contribution in [0.3, 0.4) is 0 Å². The van der Waals surface area contributed by atoms with Crippen LogP contribution in [0.1, 0.15) is 15.9 Å². The molecular weight excluding hydrogens is 269 g/mol. The van der Waals surface area contributed by atoms with E-state index in [1.807, 2.05) is 13.0 Å². The first-order valence-electron chi connectivity index (χ1n) is 4.52. The van der Waals surface area contributed by atoms with Crippen molar-refractivity contribution in [3.63, 3.8) is 0 Å². The van der Waals surface area contributed by atoms with E-state index >= 15 is 0 Å². The van der Waals surface area contributed by atoms with Gasteiger partial charge in [-0.25, -0.2) is 0 Å². The first-order valence-corrected chi connectivity index (χ1v) is 4.52. The molecule has 1 radical (unpaired) electrons. The molecular formula is C11H11O3Y-. The third kappa shape index (κ3) is 3.67. The van der Waals surface area contributed by atoms with Gasteiger partial charge in [-0.2, -0.15) is 0 Å². The van der Waals surface area contributed by atoms with Gasteiger partial charge in [-0.05, 0) is 0 Å². The molecule has 1 aliphatic rings. The van der Waals surface area contributed by atoms with E-state index in [1.54, 1.807) is 6.07 Å². The summed E-state index contributed by atoms with van der Waals surface area (Å²) in [6, 6.07) is 6.60. The van der Waals surface area contributed by atoms with Crippen LogP contribution in [0.5, 0.6) is 5.75 Å². The topological polar surface area (TPSA) is 38.8 Å². The van der Waals surface area contributed by atoms with Crippen molar-refractivity contribution in [1.29, 1.82) is 0 Å². The zero-order valence-corrected chi connectivity index (χ0v) is 11.4. The first kappa shape index (κ1) is 12.8. The molecule has 4 heteroatoms. The fourth-order valence-corrected chi connectivity index (χ4v) is 1.17. The van der Waals surface area contributed by atoms with Crippen molar-refractivity contribution in [2.75, 3.05) is 13.2 Å². The fraction of sp³-hybridized carbons (Fsp3) is 0.364. The molecule has 1 heterocycles. The van der Waals surface area contributed by atoms with Crippen LogP contribution < -0.4 is 4.74 Å². The van der Waals surface area contributed by atoms with E-state index in [2.05, 4.69) is 6.07 Å². The summed E-state index contributed by atoms with van der Waals surface area (Å²) < 4.78 is 10.4. The molecule has 2 rings (SSSR count). The second-order valence-corrected chi connectivity index (χ2v) is 3.30. The number of aldehydes is 1. The standard InChI is InChI=1S/C11H11O3.Y/c1-8-2-3-11(9(4-8)5-12)14-7-10-6-13-10;/h2-3,5,10H,6-7H2,1H3;/q-1;. The Balaban J connectivity index is 0.00000112. The summed E-state index contributed by atoms with van der Waals surface area (Å²) in [5.74, 6) is 0.584. The molecule has 1 aromatic rings. The van der Waals surface area contributed by atoms with Crippen LogP contribution in [0.2, 0.25) is 0 Å². The third-order valence-electron chi connectivity index (χ3n) is 2.03. The predicted octanol–water partition coefficient (Wildman–Crippen LogP) is 1.38. The molecule has 0 aliphatic carbocycles. The molecule has 1 saturated heterocycles. The summed E-state index contributed by atoms with van der Waals surface area (Å²) >= 11 is 0. The predicted molar refractivity (Wildman–Crippen MR) is 50.6 cm³/mol. The molecule has 77 valence electrons. The molecule has 1 aromatic carbocycles. The van der Waals surface area contributed by atoms with Crippen molar-refractivity contribution in [3.05, 3.63) is 29.3 Å². The Morgan fingerprint density at radius 1 is 1.67 bits per heavy atom. The van der Waals surface area contributed by atoms with Crippen LogP contribution in [0.25, 0.3) is 0 Å². The summed E-state index contributed by atoms with van der Waals surface area (Å²) in [5, 5.41) is 0. The Morgan fingerprint density at radius 3 is 3.00 bits per heavy atom. The minimum absolute atomic E-state index is 0. The second kappa shape index (κ2) is 5.73. The quantitative estimate of drug-likeness (QED) is 0.475. The fourth-order valence-electron chi connectivity index (χ4n) is 1.17. The van der Waals surface area contributed by atoms with Crippen LogP contribution in [0.15, 0.2) is 12.1 Å². The molecule has 0 N–H and O–H groups in total. The van der Waals surface area contributed by atoms with Gasteiger partial charge < -0.3 is 14.3 Å². The smallest absolute Gasteiger partial charge is 0.114 e. The molecule has 1 aliphatic heterocycles. The number of carbonyl (C=O) groups excluding carboxylic acids is 1. The van der Waals surface area contributed by atoms with E-state index < -0.39 is 0 Å². The maximum absolute atomic E-state index is 10.7. The largest absolute Gasteiger partial charge is 0.534 e. The summed E-state index contributed by atoms with van der Waals surface area (Å²) in [5.41, 5.74) is 1.41. The van der Waals surface area contributed by atoms with Crippen molar-refractivity contribution in [3.8, 4) is 5.75 Å². The molecule has 0 aromatic heterocycles. The van der Waals surface area contributed by atoms with E-state index in [-0.39, 0.29) is 38.8 Å². The van der Waals surface area contributed by atoms with Crippen molar-refractivity contribution >= 4 is 6.29 Å². The van der Waals surface area contributed by atoms with Gasteiger partial charge in [0.05, 0.1) is 12.9 Å².